The molecule has 0 aromatic heterocycles. The number of carbonyl (C=O) groups excluding carboxylic acids is 1. The second kappa shape index (κ2) is 7.16. The number of amides is 1. The monoisotopic (exact) mass is 268 g/mol. The van der Waals surface area contributed by atoms with Crippen LogP contribution in [0.1, 0.15) is 23.2 Å². The normalized spacial score (nSPS) is 10.0. The van der Waals surface area contributed by atoms with E-state index in [4.69, 9.17) is 5.53 Å². The predicted molar refractivity (Wildman–Crippen MR) is 79.5 cm³/mol. The Hall–Kier alpha value is -2.52. The van der Waals surface area contributed by atoms with E-state index >= 15 is 0 Å². The minimum Gasteiger partial charge on any atom is -0.352 e. The number of nitrogens with one attached hydrogen (secondary N) is 1. The van der Waals surface area contributed by atoms with Crippen LogP contribution < -0.4 is 5.32 Å². The number of nitrogens with zero attached hydrogens (tertiary/aromatic N) is 3. The number of hydrogen-bond donors (Lipinski definition) is 1. The molecular formula is C15H16N4O. The third kappa shape index (κ3) is 3.73. The van der Waals surface area contributed by atoms with Crippen molar-refractivity contribution in [1.82, 2.24) is 5.32 Å². The second-order valence-electron chi connectivity index (χ2n) is 4.48. The fraction of sp³-hybridized carbons (Fsp3) is 0.267. The molecule has 20 heavy (non-hydrogen) atoms. The van der Waals surface area contributed by atoms with Gasteiger partial charge in [0.25, 0.3) is 5.91 Å². The predicted octanol–water partition coefficient (Wildman–Crippen LogP) is 3.66. The first kappa shape index (κ1) is 13.9. The Bertz CT molecular complexity index is 647. The van der Waals surface area contributed by atoms with Gasteiger partial charge in [0.15, 0.2) is 0 Å². The Morgan fingerprint density at radius 2 is 1.95 bits per heavy atom. The lowest BCUT2D eigenvalue weighted by molar-refractivity contribution is 0.0953. The molecule has 0 saturated carbocycles. The van der Waals surface area contributed by atoms with Gasteiger partial charge in [0.2, 0.25) is 0 Å². The van der Waals surface area contributed by atoms with Crippen LogP contribution in [0.2, 0.25) is 0 Å². The van der Waals surface area contributed by atoms with Crippen LogP contribution >= 0.6 is 0 Å². The van der Waals surface area contributed by atoms with Gasteiger partial charge in [0, 0.05) is 23.6 Å². The number of hydrogen-bond acceptors (Lipinski definition) is 2. The summed E-state index contributed by atoms with van der Waals surface area (Å²) in [7, 11) is 0. The van der Waals surface area contributed by atoms with Crippen LogP contribution in [0, 0.1) is 0 Å². The molecule has 1 N–H and O–H groups in total. The zero-order valence-corrected chi connectivity index (χ0v) is 11.1. The van der Waals surface area contributed by atoms with Gasteiger partial charge in [-0.05, 0) is 41.3 Å². The Kier molecular flexibility index (Phi) is 4.98. The standard InChI is InChI=1S/C15H16N4O/c16-19-18-10-4-3-9-17-15(20)14-8-7-12-5-1-2-6-13(12)11-14/h1-2,5-8,11H,3-4,9-10H2,(H,17,20). The Morgan fingerprint density at radius 3 is 2.75 bits per heavy atom. The van der Waals surface area contributed by atoms with E-state index in [0.29, 0.717) is 18.7 Å². The molecule has 0 aliphatic carbocycles. The van der Waals surface area contributed by atoms with E-state index in [-0.39, 0.29) is 5.91 Å². The van der Waals surface area contributed by atoms with Gasteiger partial charge < -0.3 is 5.32 Å². The molecule has 2 rings (SSSR count). The van der Waals surface area contributed by atoms with Crippen molar-refractivity contribution in [2.45, 2.75) is 12.8 Å². The summed E-state index contributed by atoms with van der Waals surface area (Å²) in [6.07, 6.45) is 1.58. The lowest BCUT2D eigenvalue weighted by Gasteiger charge is -2.05. The number of carbonyl (C=O) groups is 1. The van der Waals surface area contributed by atoms with Crippen molar-refractivity contribution in [3.05, 3.63) is 58.5 Å². The topological polar surface area (TPSA) is 77.9 Å². The fourth-order valence-electron chi connectivity index (χ4n) is 1.99. The van der Waals surface area contributed by atoms with Crippen LogP contribution in [0.25, 0.3) is 21.2 Å². The van der Waals surface area contributed by atoms with E-state index in [0.717, 1.165) is 23.6 Å². The average Bonchev–Trinajstić information content (AvgIpc) is 2.50. The first-order valence-electron chi connectivity index (χ1n) is 6.59. The molecule has 102 valence electrons. The highest BCUT2D eigenvalue weighted by atomic mass is 16.1. The molecule has 2 aromatic rings. The average molecular weight is 268 g/mol. The van der Waals surface area contributed by atoms with E-state index in [1.165, 1.54) is 0 Å². The van der Waals surface area contributed by atoms with Crippen molar-refractivity contribution in [1.29, 1.82) is 0 Å². The van der Waals surface area contributed by atoms with Gasteiger partial charge in [-0.2, -0.15) is 0 Å². The van der Waals surface area contributed by atoms with Crippen molar-refractivity contribution >= 4 is 16.7 Å². The maximum Gasteiger partial charge on any atom is 0.251 e. The number of azide groups is 1. The molecule has 0 saturated heterocycles. The molecule has 0 radical (unpaired) electrons. The van der Waals surface area contributed by atoms with Crippen LogP contribution in [0.4, 0.5) is 0 Å². The molecule has 0 heterocycles. The highest BCUT2D eigenvalue weighted by Gasteiger charge is 2.05. The summed E-state index contributed by atoms with van der Waals surface area (Å²) >= 11 is 0. The third-order valence-corrected chi connectivity index (χ3v) is 3.05. The summed E-state index contributed by atoms with van der Waals surface area (Å²) in [5.41, 5.74) is 8.80. The Balaban J connectivity index is 1.89. The highest BCUT2D eigenvalue weighted by Crippen LogP contribution is 2.15. The zero-order valence-electron chi connectivity index (χ0n) is 11.1. The summed E-state index contributed by atoms with van der Waals surface area (Å²) in [6, 6.07) is 13.6. The van der Waals surface area contributed by atoms with E-state index < -0.39 is 0 Å². The summed E-state index contributed by atoms with van der Waals surface area (Å²) < 4.78 is 0. The summed E-state index contributed by atoms with van der Waals surface area (Å²) in [6.45, 7) is 1.06. The summed E-state index contributed by atoms with van der Waals surface area (Å²) in [5, 5.41) is 8.50. The summed E-state index contributed by atoms with van der Waals surface area (Å²) in [4.78, 5) is 14.7. The molecular weight excluding hydrogens is 252 g/mol. The molecule has 0 atom stereocenters. The first-order chi connectivity index (χ1) is 9.81. The molecule has 0 fully saturated rings. The van der Waals surface area contributed by atoms with Crippen molar-refractivity contribution in [2.24, 2.45) is 5.11 Å². The van der Waals surface area contributed by atoms with Gasteiger partial charge in [0.1, 0.15) is 0 Å². The SMILES string of the molecule is [N-]=[N+]=NCCCCNC(=O)c1ccc2ccccc2c1. The van der Waals surface area contributed by atoms with Crippen LogP contribution in [-0.2, 0) is 0 Å². The molecule has 0 unspecified atom stereocenters. The minimum absolute atomic E-state index is 0.0699. The van der Waals surface area contributed by atoms with E-state index in [1.54, 1.807) is 0 Å². The first-order valence-corrected chi connectivity index (χ1v) is 6.59. The van der Waals surface area contributed by atoms with Gasteiger partial charge in [0.05, 0.1) is 0 Å². The van der Waals surface area contributed by atoms with E-state index in [1.807, 2.05) is 42.5 Å². The molecule has 0 aliphatic heterocycles. The Labute approximate surface area is 117 Å². The van der Waals surface area contributed by atoms with E-state index in [2.05, 4.69) is 15.3 Å². The van der Waals surface area contributed by atoms with Gasteiger partial charge >= 0.3 is 0 Å². The maximum atomic E-state index is 12.0. The highest BCUT2D eigenvalue weighted by molar-refractivity contribution is 5.98. The molecule has 0 aliphatic rings. The largest absolute Gasteiger partial charge is 0.352 e. The molecule has 5 heteroatoms. The van der Waals surface area contributed by atoms with Crippen molar-refractivity contribution in [3.8, 4) is 0 Å². The van der Waals surface area contributed by atoms with Gasteiger partial charge in [-0.25, -0.2) is 0 Å². The lowest BCUT2D eigenvalue weighted by atomic mass is 10.1. The Morgan fingerprint density at radius 1 is 1.15 bits per heavy atom. The fourth-order valence-corrected chi connectivity index (χ4v) is 1.99. The van der Waals surface area contributed by atoms with Gasteiger partial charge in [-0.1, -0.05) is 35.4 Å². The number of benzene rings is 2. The molecule has 0 spiro atoms. The summed E-state index contributed by atoms with van der Waals surface area (Å²) in [5.74, 6) is -0.0699. The van der Waals surface area contributed by atoms with Crippen molar-refractivity contribution < 1.29 is 4.79 Å². The van der Waals surface area contributed by atoms with Gasteiger partial charge in [-0.15, -0.1) is 0 Å². The van der Waals surface area contributed by atoms with Crippen LogP contribution in [0.3, 0.4) is 0 Å². The quantitative estimate of drug-likeness (QED) is 0.369. The lowest BCUT2D eigenvalue weighted by Crippen LogP contribution is -2.24. The van der Waals surface area contributed by atoms with Crippen molar-refractivity contribution in [3.63, 3.8) is 0 Å². The van der Waals surface area contributed by atoms with Crippen LogP contribution in [-0.4, -0.2) is 19.0 Å². The van der Waals surface area contributed by atoms with Gasteiger partial charge in [-0.3, -0.25) is 4.79 Å². The van der Waals surface area contributed by atoms with Crippen LogP contribution in [0.5, 0.6) is 0 Å². The number of fused-ring (bicyclic) bond motifs is 1. The third-order valence-electron chi connectivity index (χ3n) is 3.05. The van der Waals surface area contributed by atoms with E-state index in [9.17, 15) is 4.79 Å². The maximum absolute atomic E-state index is 12.0. The second-order valence-corrected chi connectivity index (χ2v) is 4.48. The number of rotatable bonds is 6. The number of unbranched alkanes of at least 4 members (excludes halogenated alkanes) is 1. The van der Waals surface area contributed by atoms with Crippen molar-refractivity contribution in [2.75, 3.05) is 13.1 Å². The molecule has 1 amide bonds. The zero-order chi connectivity index (χ0) is 14.2. The smallest absolute Gasteiger partial charge is 0.251 e. The molecule has 2 aromatic carbocycles. The van der Waals surface area contributed by atoms with Crippen LogP contribution in [0.15, 0.2) is 47.6 Å². The molecule has 0 bridgehead atoms. The molecule has 5 nitrogen and oxygen atoms in total. The minimum atomic E-state index is -0.0699.